The molecule has 3 aliphatic heterocycles. The molecule has 3 fully saturated rings. The van der Waals surface area contributed by atoms with Gasteiger partial charge in [0.2, 0.25) is 5.95 Å². The van der Waals surface area contributed by atoms with Gasteiger partial charge >= 0.3 is 0 Å². The van der Waals surface area contributed by atoms with Gasteiger partial charge in [-0.1, -0.05) is 25.8 Å². The standard InChI is InChI=1S/C20H29N5/c1-2-6-17-7-5-8-18-16-11-15(13-25(17)18)12-23(14-16)20-22-21-19-9-3-4-10-24(19)20/h3-4,9-10,15-18H,2,5-8,11-14H2,1H3/t15-,16+,17-,18-/m0/s1. The van der Waals surface area contributed by atoms with Crippen molar-refractivity contribution in [2.75, 3.05) is 24.5 Å². The van der Waals surface area contributed by atoms with Crippen LogP contribution < -0.4 is 4.90 Å². The maximum Gasteiger partial charge on any atom is 0.231 e. The Morgan fingerprint density at radius 2 is 2.08 bits per heavy atom. The van der Waals surface area contributed by atoms with E-state index in [0.717, 1.165) is 48.6 Å². The van der Waals surface area contributed by atoms with E-state index in [4.69, 9.17) is 0 Å². The molecular formula is C20H29N5. The van der Waals surface area contributed by atoms with Gasteiger partial charge in [-0.3, -0.25) is 9.30 Å². The smallest absolute Gasteiger partial charge is 0.231 e. The van der Waals surface area contributed by atoms with Gasteiger partial charge in [-0.2, -0.15) is 0 Å². The molecule has 25 heavy (non-hydrogen) atoms. The van der Waals surface area contributed by atoms with E-state index in [-0.39, 0.29) is 0 Å². The summed E-state index contributed by atoms with van der Waals surface area (Å²) >= 11 is 0. The van der Waals surface area contributed by atoms with E-state index in [1.165, 1.54) is 45.1 Å². The van der Waals surface area contributed by atoms with E-state index in [9.17, 15) is 0 Å². The second-order valence-corrected chi connectivity index (χ2v) is 8.33. The molecule has 5 heteroatoms. The van der Waals surface area contributed by atoms with Crippen molar-refractivity contribution in [1.29, 1.82) is 0 Å². The molecule has 5 heterocycles. The van der Waals surface area contributed by atoms with E-state index >= 15 is 0 Å². The Morgan fingerprint density at radius 1 is 1.12 bits per heavy atom. The van der Waals surface area contributed by atoms with Gasteiger partial charge in [0.1, 0.15) is 0 Å². The third-order valence-corrected chi connectivity index (χ3v) is 6.72. The third kappa shape index (κ3) is 2.64. The normalized spacial score (nSPS) is 32.8. The molecular weight excluding hydrogens is 310 g/mol. The lowest BCUT2D eigenvalue weighted by molar-refractivity contribution is -0.0217. The molecule has 2 aromatic heterocycles. The maximum absolute atomic E-state index is 4.52. The van der Waals surface area contributed by atoms with Crippen LogP contribution in [0.1, 0.15) is 45.4 Å². The largest absolute Gasteiger partial charge is 0.340 e. The molecule has 3 saturated heterocycles. The van der Waals surface area contributed by atoms with Crippen LogP contribution in [0.3, 0.4) is 0 Å². The van der Waals surface area contributed by atoms with Crippen LogP contribution in [0.25, 0.3) is 5.65 Å². The van der Waals surface area contributed by atoms with Gasteiger partial charge < -0.3 is 4.90 Å². The molecule has 3 aliphatic rings. The highest BCUT2D eigenvalue weighted by Gasteiger charge is 2.44. The monoisotopic (exact) mass is 339 g/mol. The fourth-order valence-electron chi connectivity index (χ4n) is 5.76. The molecule has 0 saturated carbocycles. The lowest BCUT2D eigenvalue weighted by Gasteiger charge is -2.55. The number of nitrogens with zero attached hydrogens (tertiary/aromatic N) is 5. The quantitative estimate of drug-likeness (QED) is 0.860. The summed E-state index contributed by atoms with van der Waals surface area (Å²) in [4.78, 5) is 5.42. The molecule has 0 radical (unpaired) electrons. The Bertz CT molecular complexity index is 739. The molecule has 134 valence electrons. The zero-order valence-corrected chi connectivity index (χ0v) is 15.2. The molecule has 5 rings (SSSR count). The summed E-state index contributed by atoms with van der Waals surface area (Å²) in [5, 5.41) is 8.89. The summed E-state index contributed by atoms with van der Waals surface area (Å²) < 4.78 is 2.15. The van der Waals surface area contributed by atoms with Crippen molar-refractivity contribution in [1.82, 2.24) is 19.5 Å². The molecule has 0 unspecified atom stereocenters. The highest BCUT2D eigenvalue weighted by Crippen LogP contribution is 2.41. The van der Waals surface area contributed by atoms with Gasteiger partial charge in [0.05, 0.1) is 0 Å². The molecule has 0 aliphatic carbocycles. The number of pyridine rings is 1. The Labute approximate surface area is 150 Å². The Balaban J connectivity index is 1.40. The van der Waals surface area contributed by atoms with E-state index in [1.807, 2.05) is 12.1 Å². The van der Waals surface area contributed by atoms with E-state index < -0.39 is 0 Å². The predicted molar refractivity (Wildman–Crippen MR) is 99.8 cm³/mol. The number of aromatic nitrogens is 3. The predicted octanol–water partition coefficient (Wildman–Crippen LogP) is 3.21. The van der Waals surface area contributed by atoms with Gasteiger partial charge in [-0.15, -0.1) is 10.2 Å². The lowest BCUT2D eigenvalue weighted by Crippen LogP contribution is -2.61. The first-order valence-electron chi connectivity index (χ1n) is 10.1. The van der Waals surface area contributed by atoms with Crippen LogP contribution in [-0.4, -0.2) is 51.2 Å². The van der Waals surface area contributed by atoms with Gasteiger partial charge in [0.15, 0.2) is 5.65 Å². The minimum atomic E-state index is 0.781. The second-order valence-electron chi connectivity index (χ2n) is 8.33. The molecule has 2 aromatic rings. The lowest BCUT2D eigenvalue weighted by atomic mass is 9.74. The highest BCUT2D eigenvalue weighted by atomic mass is 15.4. The molecule has 0 aromatic carbocycles. The van der Waals surface area contributed by atoms with Crippen molar-refractivity contribution < 1.29 is 0 Å². The van der Waals surface area contributed by atoms with Crippen molar-refractivity contribution in [2.45, 2.75) is 57.5 Å². The van der Waals surface area contributed by atoms with Crippen molar-refractivity contribution in [2.24, 2.45) is 11.8 Å². The van der Waals surface area contributed by atoms with Gasteiger partial charge in [-0.05, 0) is 49.7 Å². The number of hydrogen-bond acceptors (Lipinski definition) is 4. The first-order chi connectivity index (χ1) is 12.3. The van der Waals surface area contributed by atoms with Gasteiger partial charge in [0.25, 0.3) is 0 Å². The number of fused-ring (bicyclic) bond motifs is 5. The average Bonchev–Trinajstić information content (AvgIpc) is 3.07. The van der Waals surface area contributed by atoms with Crippen LogP contribution >= 0.6 is 0 Å². The summed E-state index contributed by atoms with van der Waals surface area (Å²) in [6, 6.07) is 7.78. The molecule has 2 bridgehead atoms. The first kappa shape index (κ1) is 15.6. The number of piperidine rings is 3. The molecule has 0 amide bonds. The average molecular weight is 339 g/mol. The van der Waals surface area contributed by atoms with E-state index in [2.05, 4.69) is 43.6 Å². The summed E-state index contributed by atoms with van der Waals surface area (Å²) in [6.45, 7) is 5.91. The van der Waals surface area contributed by atoms with Crippen molar-refractivity contribution in [3.8, 4) is 0 Å². The topological polar surface area (TPSA) is 36.7 Å². The fourth-order valence-corrected chi connectivity index (χ4v) is 5.76. The summed E-state index contributed by atoms with van der Waals surface area (Å²) in [6.07, 6.45) is 10.4. The van der Waals surface area contributed by atoms with Gasteiger partial charge in [-0.25, -0.2) is 0 Å². The van der Waals surface area contributed by atoms with Crippen molar-refractivity contribution >= 4 is 11.6 Å². The second kappa shape index (κ2) is 6.27. The van der Waals surface area contributed by atoms with Crippen LogP contribution in [0, 0.1) is 11.8 Å². The first-order valence-corrected chi connectivity index (χ1v) is 10.1. The Kier molecular flexibility index (Phi) is 3.92. The number of rotatable bonds is 3. The van der Waals surface area contributed by atoms with Gasteiger partial charge in [0, 0.05) is 37.9 Å². The minimum Gasteiger partial charge on any atom is -0.340 e. The Morgan fingerprint density at radius 3 is 3.00 bits per heavy atom. The summed E-state index contributed by atoms with van der Waals surface area (Å²) in [5.41, 5.74) is 0.954. The van der Waals surface area contributed by atoms with Crippen LogP contribution in [0.15, 0.2) is 24.4 Å². The minimum absolute atomic E-state index is 0.781. The van der Waals surface area contributed by atoms with Crippen LogP contribution in [0.4, 0.5) is 5.95 Å². The molecule has 4 atom stereocenters. The maximum atomic E-state index is 4.52. The summed E-state index contributed by atoms with van der Waals surface area (Å²) in [7, 11) is 0. The fraction of sp³-hybridized carbons (Fsp3) is 0.700. The number of anilines is 1. The zero-order valence-electron chi connectivity index (χ0n) is 15.2. The third-order valence-electron chi connectivity index (χ3n) is 6.72. The van der Waals surface area contributed by atoms with Crippen molar-refractivity contribution in [3.63, 3.8) is 0 Å². The zero-order chi connectivity index (χ0) is 16.8. The summed E-state index contributed by atoms with van der Waals surface area (Å²) in [5.74, 6) is 2.62. The SMILES string of the molecule is CCC[C@H]1CCC[C@H]2[C@@H]3C[C@@H](CN(c4nnc5ccccn45)C3)CN12. The Hall–Kier alpha value is -1.62. The van der Waals surface area contributed by atoms with Crippen LogP contribution in [0.2, 0.25) is 0 Å². The van der Waals surface area contributed by atoms with Crippen LogP contribution in [0.5, 0.6) is 0 Å². The van der Waals surface area contributed by atoms with Crippen LogP contribution in [-0.2, 0) is 0 Å². The van der Waals surface area contributed by atoms with E-state index in [0.29, 0.717) is 0 Å². The molecule has 5 nitrogen and oxygen atoms in total. The van der Waals surface area contributed by atoms with E-state index in [1.54, 1.807) is 0 Å². The molecule has 0 N–H and O–H groups in total. The molecule has 0 spiro atoms. The highest BCUT2D eigenvalue weighted by molar-refractivity contribution is 5.46. The number of hydrogen-bond donors (Lipinski definition) is 0. The van der Waals surface area contributed by atoms with Crippen molar-refractivity contribution in [3.05, 3.63) is 24.4 Å².